The van der Waals surface area contributed by atoms with Crippen molar-refractivity contribution >= 4 is 17.8 Å². The first-order chi connectivity index (χ1) is 9.41. The van der Waals surface area contributed by atoms with Gasteiger partial charge in [0.25, 0.3) is 0 Å². The Kier molecular flexibility index (Phi) is 3.83. The van der Waals surface area contributed by atoms with Crippen molar-refractivity contribution in [2.24, 2.45) is 11.8 Å². The Hall–Kier alpha value is -2.24. The van der Waals surface area contributed by atoms with Crippen LogP contribution in [0.2, 0.25) is 0 Å². The smallest absolute Gasteiger partial charge is 0.277 e. The summed E-state index contributed by atoms with van der Waals surface area (Å²) in [5, 5.41) is 2.24. The number of aryl methyl sites for hydroxylation is 1. The second-order valence-corrected chi connectivity index (χ2v) is 5.24. The van der Waals surface area contributed by atoms with Crippen LogP contribution in [0.15, 0.2) is 18.5 Å². The van der Waals surface area contributed by atoms with Gasteiger partial charge in [0.1, 0.15) is 5.92 Å². The highest BCUT2D eigenvalue weighted by atomic mass is 16.2. The summed E-state index contributed by atoms with van der Waals surface area (Å²) in [5.41, 5.74) is 1.73. The quantitative estimate of drug-likeness (QED) is 0.842. The van der Waals surface area contributed by atoms with Crippen molar-refractivity contribution < 1.29 is 14.4 Å². The van der Waals surface area contributed by atoms with Crippen molar-refractivity contribution in [3.05, 3.63) is 29.6 Å². The summed E-state index contributed by atoms with van der Waals surface area (Å²) in [7, 11) is 0. The van der Waals surface area contributed by atoms with Crippen LogP contribution < -0.4 is 5.32 Å². The third-order valence-corrected chi connectivity index (χ3v) is 3.43. The van der Waals surface area contributed by atoms with E-state index in [1.165, 1.54) is 0 Å². The van der Waals surface area contributed by atoms with Gasteiger partial charge in [-0.15, -0.1) is 0 Å². The largest absolute Gasteiger partial charge is 0.331 e. The van der Waals surface area contributed by atoms with Gasteiger partial charge >= 0.3 is 6.03 Å². The van der Waals surface area contributed by atoms with Gasteiger partial charge in [0, 0.05) is 12.4 Å². The number of aromatic nitrogens is 1. The molecule has 1 aromatic heterocycles. The molecule has 0 aliphatic carbocycles. The third-order valence-electron chi connectivity index (χ3n) is 3.43. The number of carbonyl (C=O) groups is 3. The number of imide groups is 2. The van der Waals surface area contributed by atoms with Gasteiger partial charge in [-0.2, -0.15) is 0 Å². The first kappa shape index (κ1) is 14.2. The molecule has 1 N–H and O–H groups in total. The highest BCUT2D eigenvalue weighted by Crippen LogP contribution is 2.21. The molecule has 0 spiro atoms. The summed E-state index contributed by atoms with van der Waals surface area (Å²) in [5.74, 6) is -1.94. The number of carbonyl (C=O) groups excluding carboxylic acids is 3. The van der Waals surface area contributed by atoms with E-state index in [-0.39, 0.29) is 12.5 Å². The zero-order chi connectivity index (χ0) is 14.9. The van der Waals surface area contributed by atoms with Crippen LogP contribution in [0.5, 0.6) is 0 Å². The number of rotatable bonds is 3. The summed E-state index contributed by atoms with van der Waals surface area (Å²) in [6.45, 7) is 5.58. The average molecular weight is 275 g/mol. The van der Waals surface area contributed by atoms with Crippen LogP contribution >= 0.6 is 0 Å². The molecule has 1 aliphatic heterocycles. The zero-order valence-corrected chi connectivity index (χ0v) is 11.7. The van der Waals surface area contributed by atoms with Gasteiger partial charge < -0.3 is 0 Å². The lowest BCUT2D eigenvalue weighted by Crippen LogP contribution is -2.58. The lowest BCUT2D eigenvalue weighted by Gasteiger charge is -2.32. The predicted molar refractivity (Wildman–Crippen MR) is 71.4 cm³/mol. The number of hydrogen-bond acceptors (Lipinski definition) is 4. The molecule has 106 valence electrons. The Morgan fingerprint density at radius 3 is 2.65 bits per heavy atom. The Morgan fingerprint density at radius 2 is 2.05 bits per heavy atom. The number of hydrogen-bond donors (Lipinski definition) is 1. The second-order valence-electron chi connectivity index (χ2n) is 5.24. The van der Waals surface area contributed by atoms with Gasteiger partial charge in [0.2, 0.25) is 11.8 Å². The van der Waals surface area contributed by atoms with E-state index < -0.39 is 23.8 Å². The fourth-order valence-electron chi connectivity index (χ4n) is 2.20. The maximum Gasteiger partial charge on any atom is 0.331 e. The molecule has 1 aliphatic rings. The van der Waals surface area contributed by atoms with E-state index in [2.05, 4.69) is 10.3 Å². The van der Waals surface area contributed by atoms with Crippen LogP contribution in [-0.2, 0) is 16.1 Å². The topological polar surface area (TPSA) is 79.4 Å². The molecule has 4 amide bonds. The number of nitrogens with zero attached hydrogens (tertiary/aromatic N) is 2. The maximum atomic E-state index is 12.3. The van der Waals surface area contributed by atoms with Crippen molar-refractivity contribution in [1.82, 2.24) is 15.2 Å². The van der Waals surface area contributed by atoms with E-state index in [1.807, 2.05) is 13.0 Å². The Labute approximate surface area is 117 Å². The minimum atomic E-state index is -0.815. The van der Waals surface area contributed by atoms with Crippen molar-refractivity contribution in [3.8, 4) is 0 Å². The van der Waals surface area contributed by atoms with Crippen LogP contribution in [0.3, 0.4) is 0 Å². The van der Waals surface area contributed by atoms with Crippen LogP contribution in [0.4, 0.5) is 4.79 Å². The van der Waals surface area contributed by atoms with Crippen molar-refractivity contribution in [1.29, 1.82) is 0 Å². The summed E-state index contributed by atoms with van der Waals surface area (Å²) in [6.07, 6.45) is 3.27. The fourth-order valence-corrected chi connectivity index (χ4v) is 2.20. The van der Waals surface area contributed by atoms with Crippen LogP contribution in [-0.4, -0.2) is 27.7 Å². The average Bonchev–Trinajstić information content (AvgIpc) is 2.35. The molecule has 2 rings (SSSR count). The second kappa shape index (κ2) is 5.40. The minimum Gasteiger partial charge on any atom is -0.277 e. The summed E-state index contributed by atoms with van der Waals surface area (Å²) in [4.78, 5) is 41.0. The van der Waals surface area contributed by atoms with Gasteiger partial charge in [-0.3, -0.25) is 24.8 Å². The van der Waals surface area contributed by atoms with E-state index in [1.54, 1.807) is 26.2 Å². The van der Waals surface area contributed by atoms with Gasteiger partial charge in [-0.25, -0.2) is 4.79 Å². The number of barbiturate groups is 1. The van der Waals surface area contributed by atoms with Crippen LogP contribution in [0.25, 0.3) is 0 Å². The molecule has 1 aromatic rings. The molecule has 6 nitrogen and oxygen atoms in total. The lowest BCUT2D eigenvalue weighted by atomic mass is 9.92. The Bertz CT molecular complexity index is 569. The first-order valence-corrected chi connectivity index (χ1v) is 6.47. The van der Waals surface area contributed by atoms with Crippen LogP contribution in [0.1, 0.15) is 25.0 Å². The summed E-state index contributed by atoms with van der Waals surface area (Å²) >= 11 is 0. The fraction of sp³-hybridized carbons (Fsp3) is 0.429. The van der Waals surface area contributed by atoms with Crippen LogP contribution in [0, 0.1) is 18.8 Å². The highest BCUT2D eigenvalue weighted by Gasteiger charge is 2.41. The molecule has 2 heterocycles. The van der Waals surface area contributed by atoms with Gasteiger partial charge in [0.05, 0.1) is 6.54 Å². The lowest BCUT2D eigenvalue weighted by molar-refractivity contribution is -0.144. The highest BCUT2D eigenvalue weighted by molar-refractivity contribution is 6.16. The van der Waals surface area contributed by atoms with E-state index in [0.29, 0.717) is 0 Å². The molecule has 1 fully saturated rings. The molecule has 6 heteroatoms. The van der Waals surface area contributed by atoms with Gasteiger partial charge in [-0.1, -0.05) is 13.8 Å². The van der Waals surface area contributed by atoms with E-state index in [4.69, 9.17) is 0 Å². The number of urea groups is 1. The zero-order valence-electron chi connectivity index (χ0n) is 11.7. The molecule has 20 heavy (non-hydrogen) atoms. The van der Waals surface area contributed by atoms with Gasteiger partial charge in [0.15, 0.2) is 0 Å². The number of amides is 4. The molecule has 0 radical (unpaired) electrons. The van der Waals surface area contributed by atoms with Crippen molar-refractivity contribution in [2.45, 2.75) is 27.3 Å². The molecular weight excluding hydrogens is 258 g/mol. The molecule has 1 unspecified atom stereocenters. The molecule has 0 bridgehead atoms. The Morgan fingerprint density at radius 1 is 1.35 bits per heavy atom. The summed E-state index contributed by atoms with van der Waals surface area (Å²) < 4.78 is 0. The number of pyridine rings is 1. The Balaban J connectivity index is 2.26. The normalized spacial score (nSPS) is 19.5. The van der Waals surface area contributed by atoms with Crippen molar-refractivity contribution in [3.63, 3.8) is 0 Å². The van der Waals surface area contributed by atoms with E-state index in [9.17, 15) is 14.4 Å². The molecular formula is C14H17N3O3. The third kappa shape index (κ3) is 2.54. The molecule has 0 saturated carbocycles. The monoisotopic (exact) mass is 275 g/mol. The first-order valence-electron chi connectivity index (χ1n) is 6.47. The predicted octanol–water partition coefficient (Wildman–Crippen LogP) is 1.24. The minimum absolute atomic E-state index is 0.126. The number of nitrogens with one attached hydrogen (secondary N) is 1. The van der Waals surface area contributed by atoms with Crippen molar-refractivity contribution in [2.75, 3.05) is 0 Å². The SMILES string of the molecule is Cc1ccncc1CN1C(=O)NC(=O)C(C(C)C)C1=O. The standard InChI is InChI=1S/C14H17N3O3/c1-8(2)11-12(18)16-14(20)17(13(11)19)7-10-6-15-5-4-9(10)3/h4-6,8,11H,7H2,1-3H3,(H,16,18,20). The molecule has 1 atom stereocenters. The molecule has 0 aromatic carbocycles. The molecule has 1 saturated heterocycles. The maximum absolute atomic E-state index is 12.3. The van der Waals surface area contributed by atoms with E-state index in [0.717, 1.165) is 16.0 Å². The van der Waals surface area contributed by atoms with Gasteiger partial charge in [-0.05, 0) is 30.0 Å². The summed E-state index contributed by atoms with van der Waals surface area (Å²) in [6, 6.07) is 1.15. The van der Waals surface area contributed by atoms with E-state index >= 15 is 0 Å².